The van der Waals surface area contributed by atoms with E-state index in [-0.39, 0.29) is 17.1 Å². The van der Waals surface area contributed by atoms with E-state index in [0.29, 0.717) is 0 Å². The molecular formula is C14H11FN2O5. The standard InChI is InChI=1S/C14H11FN2O5/c15-9-4-2-1-3-8(9)10-5-6-11(22-10)13(19)21-7-12(18)17-14(16)20/h1-6H,7H2,(H3,16,17,18,20). The molecule has 1 aromatic heterocycles. The van der Waals surface area contributed by atoms with E-state index < -0.39 is 30.3 Å². The molecule has 0 saturated carbocycles. The van der Waals surface area contributed by atoms with Crippen LogP contribution in [-0.2, 0) is 9.53 Å². The van der Waals surface area contributed by atoms with Crippen LogP contribution in [0.1, 0.15) is 10.6 Å². The first-order chi connectivity index (χ1) is 10.5. The van der Waals surface area contributed by atoms with Crippen molar-refractivity contribution in [3.8, 4) is 11.3 Å². The van der Waals surface area contributed by atoms with Gasteiger partial charge in [0.1, 0.15) is 11.6 Å². The molecule has 0 spiro atoms. The normalized spacial score (nSPS) is 10.0. The summed E-state index contributed by atoms with van der Waals surface area (Å²) in [5.41, 5.74) is 4.92. The molecule has 0 radical (unpaired) electrons. The van der Waals surface area contributed by atoms with Crippen LogP contribution in [-0.4, -0.2) is 24.5 Å². The Morgan fingerprint density at radius 3 is 2.59 bits per heavy atom. The quantitative estimate of drug-likeness (QED) is 0.830. The number of halogens is 1. The molecule has 0 aliphatic rings. The minimum absolute atomic E-state index is 0.145. The van der Waals surface area contributed by atoms with Gasteiger partial charge in [-0.1, -0.05) is 12.1 Å². The maximum atomic E-state index is 13.6. The fourth-order valence-electron chi connectivity index (χ4n) is 1.63. The SMILES string of the molecule is NC(=O)NC(=O)COC(=O)c1ccc(-c2ccccc2F)o1. The lowest BCUT2D eigenvalue weighted by molar-refractivity contribution is -0.123. The van der Waals surface area contributed by atoms with Crippen molar-refractivity contribution in [2.45, 2.75) is 0 Å². The number of furan rings is 1. The van der Waals surface area contributed by atoms with Crippen molar-refractivity contribution in [3.05, 3.63) is 48.0 Å². The minimum Gasteiger partial charge on any atom is -0.450 e. The average Bonchev–Trinajstić information content (AvgIpc) is 2.94. The third-order valence-electron chi connectivity index (χ3n) is 2.54. The van der Waals surface area contributed by atoms with Gasteiger partial charge < -0.3 is 14.9 Å². The van der Waals surface area contributed by atoms with Crippen LogP contribution in [0.5, 0.6) is 0 Å². The number of rotatable bonds is 4. The average molecular weight is 306 g/mol. The summed E-state index contributed by atoms with van der Waals surface area (Å²) in [5, 5.41) is 1.73. The zero-order chi connectivity index (χ0) is 16.1. The number of nitrogens with one attached hydrogen (secondary N) is 1. The molecule has 0 saturated heterocycles. The molecule has 2 aromatic rings. The molecule has 0 aliphatic carbocycles. The first-order valence-electron chi connectivity index (χ1n) is 6.08. The molecule has 1 heterocycles. The number of benzene rings is 1. The molecule has 2 rings (SSSR count). The van der Waals surface area contributed by atoms with Crippen molar-refractivity contribution in [2.24, 2.45) is 5.73 Å². The van der Waals surface area contributed by atoms with Gasteiger partial charge in [0.15, 0.2) is 6.61 Å². The van der Waals surface area contributed by atoms with E-state index >= 15 is 0 Å². The van der Waals surface area contributed by atoms with Crippen LogP contribution in [0.25, 0.3) is 11.3 Å². The topological polar surface area (TPSA) is 112 Å². The Hall–Kier alpha value is -3.16. The number of primary amides is 1. The number of ether oxygens (including phenoxy) is 1. The Labute approximate surface area is 123 Å². The van der Waals surface area contributed by atoms with Gasteiger partial charge in [0, 0.05) is 0 Å². The zero-order valence-electron chi connectivity index (χ0n) is 11.2. The summed E-state index contributed by atoms with van der Waals surface area (Å²) in [6, 6.07) is 7.52. The fraction of sp³-hybridized carbons (Fsp3) is 0.0714. The van der Waals surface area contributed by atoms with Crippen LogP contribution in [0.15, 0.2) is 40.8 Å². The molecule has 22 heavy (non-hydrogen) atoms. The second-order valence-electron chi connectivity index (χ2n) is 4.13. The van der Waals surface area contributed by atoms with Gasteiger partial charge in [-0.3, -0.25) is 10.1 Å². The Morgan fingerprint density at radius 2 is 1.91 bits per heavy atom. The number of nitrogens with two attached hydrogens (primary N) is 1. The minimum atomic E-state index is -1.05. The van der Waals surface area contributed by atoms with Gasteiger partial charge in [-0.05, 0) is 24.3 Å². The molecular weight excluding hydrogens is 295 g/mol. The number of esters is 1. The highest BCUT2D eigenvalue weighted by Crippen LogP contribution is 2.24. The Balaban J connectivity index is 2.02. The van der Waals surface area contributed by atoms with Gasteiger partial charge in [0.05, 0.1) is 5.56 Å². The van der Waals surface area contributed by atoms with Crippen LogP contribution in [0.2, 0.25) is 0 Å². The summed E-state index contributed by atoms with van der Waals surface area (Å²) in [4.78, 5) is 33.2. The van der Waals surface area contributed by atoms with Crippen molar-refractivity contribution < 1.29 is 27.9 Å². The first kappa shape index (κ1) is 15.2. The lowest BCUT2D eigenvalue weighted by atomic mass is 10.1. The van der Waals surface area contributed by atoms with Crippen molar-refractivity contribution in [1.82, 2.24) is 5.32 Å². The molecule has 8 heteroatoms. The van der Waals surface area contributed by atoms with E-state index in [4.69, 9.17) is 10.2 Å². The van der Waals surface area contributed by atoms with E-state index in [1.807, 2.05) is 0 Å². The van der Waals surface area contributed by atoms with Gasteiger partial charge in [-0.2, -0.15) is 0 Å². The number of carbonyl (C=O) groups excluding carboxylic acids is 3. The molecule has 0 fully saturated rings. The zero-order valence-corrected chi connectivity index (χ0v) is 11.2. The maximum Gasteiger partial charge on any atom is 0.374 e. The van der Waals surface area contributed by atoms with Crippen LogP contribution in [0.3, 0.4) is 0 Å². The molecule has 7 nitrogen and oxygen atoms in total. The van der Waals surface area contributed by atoms with E-state index in [0.717, 1.165) is 0 Å². The highest BCUT2D eigenvalue weighted by atomic mass is 19.1. The Bertz CT molecular complexity index is 726. The summed E-state index contributed by atoms with van der Waals surface area (Å²) < 4.78 is 23.4. The van der Waals surface area contributed by atoms with E-state index in [9.17, 15) is 18.8 Å². The molecule has 1 aromatic carbocycles. The number of hydrogen-bond donors (Lipinski definition) is 2. The molecule has 3 amide bonds. The van der Waals surface area contributed by atoms with Crippen molar-refractivity contribution in [3.63, 3.8) is 0 Å². The maximum absolute atomic E-state index is 13.6. The van der Waals surface area contributed by atoms with E-state index in [2.05, 4.69) is 4.74 Å². The van der Waals surface area contributed by atoms with Crippen molar-refractivity contribution >= 4 is 17.9 Å². The Morgan fingerprint density at radius 1 is 1.18 bits per heavy atom. The smallest absolute Gasteiger partial charge is 0.374 e. The van der Waals surface area contributed by atoms with Gasteiger partial charge >= 0.3 is 12.0 Å². The number of imide groups is 1. The first-order valence-corrected chi connectivity index (χ1v) is 6.08. The molecule has 3 N–H and O–H groups in total. The van der Waals surface area contributed by atoms with Gasteiger partial charge in [0.25, 0.3) is 5.91 Å². The summed E-state index contributed by atoms with van der Waals surface area (Å²) >= 11 is 0. The molecule has 0 aliphatic heterocycles. The highest BCUT2D eigenvalue weighted by Gasteiger charge is 2.17. The van der Waals surface area contributed by atoms with Gasteiger partial charge in [0.2, 0.25) is 5.76 Å². The summed E-state index contributed by atoms with van der Waals surface area (Å²) in [6.45, 7) is -0.697. The fourth-order valence-corrected chi connectivity index (χ4v) is 1.63. The second kappa shape index (κ2) is 6.53. The molecule has 0 atom stereocenters. The van der Waals surface area contributed by atoms with Crippen LogP contribution in [0, 0.1) is 5.82 Å². The molecule has 114 valence electrons. The largest absolute Gasteiger partial charge is 0.450 e. The van der Waals surface area contributed by atoms with Crippen molar-refractivity contribution in [2.75, 3.05) is 6.61 Å². The summed E-state index contributed by atoms with van der Waals surface area (Å²) in [7, 11) is 0. The van der Waals surface area contributed by atoms with Crippen LogP contribution >= 0.6 is 0 Å². The monoisotopic (exact) mass is 306 g/mol. The second-order valence-corrected chi connectivity index (χ2v) is 4.13. The van der Waals surface area contributed by atoms with E-state index in [1.54, 1.807) is 11.4 Å². The number of carbonyl (C=O) groups is 3. The number of hydrogen-bond acceptors (Lipinski definition) is 5. The van der Waals surface area contributed by atoms with Gasteiger partial charge in [-0.25, -0.2) is 14.0 Å². The molecule has 0 bridgehead atoms. The van der Waals surface area contributed by atoms with Crippen LogP contribution < -0.4 is 11.1 Å². The third kappa shape index (κ3) is 3.69. The van der Waals surface area contributed by atoms with Crippen molar-refractivity contribution in [1.29, 1.82) is 0 Å². The molecule has 0 unspecified atom stereocenters. The third-order valence-corrected chi connectivity index (χ3v) is 2.54. The predicted octanol–water partition coefficient (Wildman–Crippen LogP) is 1.44. The number of amides is 3. The highest BCUT2D eigenvalue weighted by molar-refractivity contribution is 5.96. The summed E-state index contributed by atoms with van der Waals surface area (Å²) in [6.07, 6.45) is 0. The lowest BCUT2D eigenvalue weighted by Gasteiger charge is -2.02. The predicted molar refractivity (Wildman–Crippen MR) is 72.1 cm³/mol. The van der Waals surface area contributed by atoms with E-state index in [1.165, 1.54) is 30.3 Å². The Kier molecular flexibility index (Phi) is 4.52. The summed E-state index contributed by atoms with van der Waals surface area (Å²) in [5.74, 6) is -2.36. The van der Waals surface area contributed by atoms with Crippen LogP contribution in [0.4, 0.5) is 9.18 Å². The lowest BCUT2D eigenvalue weighted by Crippen LogP contribution is -2.37. The van der Waals surface area contributed by atoms with Gasteiger partial charge in [-0.15, -0.1) is 0 Å². The number of urea groups is 1.